The standard InChI is InChI=1S/C17H25N3O5/c1-10-6-4-5-7-17(10)14(23)20(15(24)19-17)8-11(21)18-12-13(22)25-9-16(12,2)3/h10,12H,4-9H2,1-3H3,(H,18,21)(H,19,24)/t10-,12-,17+/m1/s1. The quantitative estimate of drug-likeness (QED) is 0.571. The lowest BCUT2D eigenvalue weighted by Gasteiger charge is -2.36. The van der Waals surface area contributed by atoms with Crippen molar-refractivity contribution in [2.45, 2.75) is 58.0 Å². The van der Waals surface area contributed by atoms with Gasteiger partial charge in [-0.05, 0) is 18.8 Å². The van der Waals surface area contributed by atoms with E-state index in [0.29, 0.717) is 6.42 Å². The van der Waals surface area contributed by atoms with E-state index in [9.17, 15) is 19.2 Å². The van der Waals surface area contributed by atoms with Crippen molar-refractivity contribution in [1.29, 1.82) is 0 Å². The second-order valence-corrected chi connectivity index (χ2v) is 8.04. The molecule has 138 valence electrons. The number of nitrogens with one attached hydrogen (secondary N) is 2. The summed E-state index contributed by atoms with van der Waals surface area (Å²) in [6, 6.07) is -1.31. The molecule has 2 aliphatic heterocycles. The third-order valence-electron chi connectivity index (χ3n) is 5.71. The summed E-state index contributed by atoms with van der Waals surface area (Å²) in [6.45, 7) is 5.42. The molecule has 25 heavy (non-hydrogen) atoms. The lowest BCUT2D eigenvalue weighted by atomic mass is 9.73. The highest BCUT2D eigenvalue weighted by molar-refractivity contribution is 6.09. The van der Waals surface area contributed by atoms with Crippen LogP contribution in [0.25, 0.3) is 0 Å². The van der Waals surface area contributed by atoms with E-state index >= 15 is 0 Å². The van der Waals surface area contributed by atoms with E-state index in [2.05, 4.69) is 10.6 Å². The number of urea groups is 1. The normalized spacial score (nSPS) is 34.2. The van der Waals surface area contributed by atoms with Gasteiger partial charge in [0.2, 0.25) is 5.91 Å². The van der Waals surface area contributed by atoms with Crippen LogP contribution in [0, 0.1) is 11.3 Å². The zero-order valence-corrected chi connectivity index (χ0v) is 14.9. The van der Waals surface area contributed by atoms with Crippen molar-refractivity contribution in [2.75, 3.05) is 13.2 Å². The number of amides is 4. The van der Waals surface area contributed by atoms with Gasteiger partial charge in [-0.25, -0.2) is 9.59 Å². The number of esters is 1. The Kier molecular flexibility index (Phi) is 4.25. The van der Waals surface area contributed by atoms with Gasteiger partial charge < -0.3 is 15.4 Å². The zero-order valence-electron chi connectivity index (χ0n) is 14.9. The Morgan fingerprint density at radius 2 is 2.04 bits per heavy atom. The summed E-state index contributed by atoms with van der Waals surface area (Å²) in [6.07, 6.45) is 3.37. The first-order valence-corrected chi connectivity index (χ1v) is 8.77. The summed E-state index contributed by atoms with van der Waals surface area (Å²) in [7, 11) is 0. The molecule has 1 saturated carbocycles. The zero-order chi connectivity index (χ0) is 18.4. The lowest BCUT2D eigenvalue weighted by Crippen LogP contribution is -2.54. The summed E-state index contributed by atoms with van der Waals surface area (Å²) >= 11 is 0. The molecule has 3 atom stereocenters. The van der Waals surface area contributed by atoms with E-state index in [4.69, 9.17) is 4.74 Å². The van der Waals surface area contributed by atoms with Gasteiger partial charge in [-0.3, -0.25) is 14.5 Å². The predicted octanol–water partition coefficient (Wildman–Crippen LogP) is 0.555. The number of hydrogen-bond donors (Lipinski definition) is 2. The van der Waals surface area contributed by atoms with Crippen LogP contribution in [0.3, 0.4) is 0 Å². The van der Waals surface area contributed by atoms with Crippen LogP contribution in [0.4, 0.5) is 4.79 Å². The molecule has 3 rings (SSSR count). The molecule has 2 N–H and O–H groups in total. The number of hydrogen-bond acceptors (Lipinski definition) is 5. The number of cyclic esters (lactones) is 1. The molecule has 2 heterocycles. The van der Waals surface area contributed by atoms with Crippen LogP contribution >= 0.6 is 0 Å². The predicted molar refractivity (Wildman–Crippen MR) is 87.3 cm³/mol. The smallest absolute Gasteiger partial charge is 0.329 e. The maximum absolute atomic E-state index is 12.8. The number of nitrogens with zero attached hydrogens (tertiary/aromatic N) is 1. The fourth-order valence-electron chi connectivity index (χ4n) is 3.99. The monoisotopic (exact) mass is 351 g/mol. The van der Waals surface area contributed by atoms with Crippen molar-refractivity contribution in [1.82, 2.24) is 15.5 Å². The van der Waals surface area contributed by atoms with Crippen LogP contribution in [0.1, 0.15) is 46.5 Å². The van der Waals surface area contributed by atoms with Crippen molar-refractivity contribution in [3.8, 4) is 0 Å². The lowest BCUT2D eigenvalue weighted by molar-refractivity contribution is -0.142. The maximum atomic E-state index is 12.8. The molecule has 1 aliphatic carbocycles. The molecule has 0 bridgehead atoms. The Morgan fingerprint density at radius 1 is 1.32 bits per heavy atom. The number of rotatable bonds is 3. The number of imide groups is 1. The van der Waals surface area contributed by atoms with Gasteiger partial charge in [0.15, 0.2) is 0 Å². The number of ether oxygens (including phenoxy) is 1. The topological polar surface area (TPSA) is 105 Å². The Labute approximate surface area is 146 Å². The fraction of sp³-hybridized carbons (Fsp3) is 0.765. The summed E-state index contributed by atoms with van der Waals surface area (Å²) in [5.74, 6) is -1.34. The molecule has 4 amide bonds. The van der Waals surface area contributed by atoms with Crippen LogP contribution in [0.5, 0.6) is 0 Å². The average molecular weight is 351 g/mol. The molecular formula is C17H25N3O5. The molecule has 1 spiro atoms. The van der Waals surface area contributed by atoms with E-state index in [1.165, 1.54) is 0 Å². The number of carbonyl (C=O) groups is 4. The van der Waals surface area contributed by atoms with E-state index in [0.717, 1.165) is 24.2 Å². The van der Waals surface area contributed by atoms with E-state index in [1.807, 2.05) is 20.8 Å². The summed E-state index contributed by atoms with van der Waals surface area (Å²) in [4.78, 5) is 50.2. The Bertz CT molecular complexity index is 632. The summed E-state index contributed by atoms with van der Waals surface area (Å²) in [5.41, 5.74) is -1.41. The van der Waals surface area contributed by atoms with Gasteiger partial charge in [0.1, 0.15) is 18.1 Å². The van der Waals surface area contributed by atoms with Crippen LogP contribution in [0.15, 0.2) is 0 Å². The highest BCUT2D eigenvalue weighted by Gasteiger charge is 2.55. The van der Waals surface area contributed by atoms with Crippen molar-refractivity contribution < 1.29 is 23.9 Å². The fourth-order valence-corrected chi connectivity index (χ4v) is 3.99. The van der Waals surface area contributed by atoms with Crippen LogP contribution in [0.2, 0.25) is 0 Å². The molecular weight excluding hydrogens is 326 g/mol. The Morgan fingerprint density at radius 3 is 2.64 bits per heavy atom. The average Bonchev–Trinajstić information content (AvgIpc) is 2.93. The third-order valence-corrected chi connectivity index (χ3v) is 5.71. The van der Waals surface area contributed by atoms with Gasteiger partial charge in [0, 0.05) is 5.41 Å². The maximum Gasteiger partial charge on any atom is 0.329 e. The van der Waals surface area contributed by atoms with Crippen LogP contribution in [-0.4, -0.2) is 53.4 Å². The molecule has 3 aliphatic rings. The van der Waals surface area contributed by atoms with Crippen molar-refractivity contribution >= 4 is 23.8 Å². The largest absolute Gasteiger partial charge is 0.463 e. The van der Waals surface area contributed by atoms with E-state index in [1.54, 1.807) is 0 Å². The molecule has 0 aromatic carbocycles. The highest BCUT2D eigenvalue weighted by atomic mass is 16.5. The first-order chi connectivity index (χ1) is 11.7. The molecule has 3 fully saturated rings. The molecule has 8 heteroatoms. The van der Waals surface area contributed by atoms with Gasteiger partial charge in [-0.15, -0.1) is 0 Å². The second kappa shape index (κ2) is 6.00. The minimum absolute atomic E-state index is 0.0366. The molecule has 8 nitrogen and oxygen atoms in total. The van der Waals surface area contributed by atoms with Gasteiger partial charge >= 0.3 is 12.0 Å². The van der Waals surface area contributed by atoms with Gasteiger partial charge in [-0.1, -0.05) is 33.6 Å². The van der Waals surface area contributed by atoms with Crippen LogP contribution < -0.4 is 10.6 Å². The molecule has 0 radical (unpaired) electrons. The van der Waals surface area contributed by atoms with Crippen molar-refractivity contribution in [3.63, 3.8) is 0 Å². The van der Waals surface area contributed by atoms with Gasteiger partial charge in [-0.2, -0.15) is 0 Å². The van der Waals surface area contributed by atoms with Crippen molar-refractivity contribution in [3.05, 3.63) is 0 Å². The van der Waals surface area contributed by atoms with Crippen molar-refractivity contribution in [2.24, 2.45) is 11.3 Å². The summed E-state index contributed by atoms with van der Waals surface area (Å²) < 4.78 is 4.98. The third kappa shape index (κ3) is 2.87. The number of carbonyl (C=O) groups excluding carboxylic acids is 4. The molecule has 0 unspecified atom stereocenters. The molecule has 2 saturated heterocycles. The molecule has 0 aromatic heterocycles. The SMILES string of the molecule is C[C@@H]1CCCC[C@]12NC(=O)N(CC(=O)N[C@@H]1C(=O)OCC1(C)C)C2=O. The van der Waals surface area contributed by atoms with Crippen LogP contribution in [-0.2, 0) is 19.1 Å². The minimum atomic E-state index is -0.888. The van der Waals surface area contributed by atoms with Gasteiger partial charge in [0.25, 0.3) is 5.91 Å². The first kappa shape index (κ1) is 17.7. The first-order valence-electron chi connectivity index (χ1n) is 8.77. The Hall–Kier alpha value is -2.12. The Balaban J connectivity index is 1.68. The summed E-state index contributed by atoms with van der Waals surface area (Å²) in [5, 5.41) is 5.41. The second-order valence-electron chi connectivity index (χ2n) is 8.04. The van der Waals surface area contributed by atoms with Gasteiger partial charge in [0.05, 0.1) is 6.61 Å². The van der Waals surface area contributed by atoms with E-state index in [-0.39, 0.29) is 25.0 Å². The molecule has 0 aromatic rings. The highest BCUT2D eigenvalue weighted by Crippen LogP contribution is 2.38. The minimum Gasteiger partial charge on any atom is -0.463 e. The van der Waals surface area contributed by atoms with E-state index < -0.39 is 34.9 Å².